The van der Waals surface area contributed by atoms with Gasteiger partial charge in [0, 0.05) is 32.7 Å². The Kier molecular flexibility index (Phi) is 6.71. The Morgan fingerprint density at radius 1 is 0.360 bits per heavy atom. The molecular weight excluding hydrogens is 625 g/mol. The van der Waals surface area contributed by atoms with E-state index in [4.69, 9.17) is 0 Å². The van der Waals surface area contributed by atoms with Gasteiger partial charge in [-0.25, -0.2) is 0 Å². The minimum atomic E-state index is 1.08. The van der Waals surface area contributed by atoms with Gasteiger partial charge in [-0.1, -0.05) is 109 Å². The normalized spacial score (nSPS) is 11.6. The van der Waals surface area contributed by atoms with E-state index in [0.29, 0.717) is 0 Å². The lowest BCUT2D eigenvalue weighted by Crippen LogP contribution is -1.94. The van der Waals surface area contributed by atoms with Gasteiger partial charge in [0.1, 0.15) is 0 Å². The quantitative estimate of drug-likeness (QED) is 0.181. The molecule has 0 saturated carbocycles. The summed E-state index contributed by atoms with van der Waals surface area (Å²) in [6, 6.07) is 63.9. The van der Waals surface area contributed by atoms with Crippen molar-refractivity contribution in [2.24, 2.45) is 0 Å². The molecule has 3 heterocycles. The molecule has 0 amide bonds. The lowest BCUT2D eigenvalue weighted by atomic mass is 9.94. The van der Waals surface area contributed by atoms with Crippen LogP contribution < -0.4 is 0 Å². The number of pyridine rings is 1. The summed E-state index contributed by atoms with van der Waals surface area (Å²) >= 11 is 1.80. The van der Waals surface area contributed by atoms with Crippen LogP contribution in [0.2, 0.25) is 0 Å². The number of nitrogens with zero attached hydrogens (tertiary/aromatic N) is 2. The fraction of sp³-hybridized carbons (Fsp3) is 0. The van der Waals surface area contributed by atoms with Gasteiger partial charge in [0.2, 0.25) is 0 Å². The molecule has 0 aliphatic carbocycles. The Morgan fingerprint density at radius 2 is 0.860 bits per heavy atom. The van der Waals surface area contributed by atoms with E-state index in [1.54, 1.807) is 11.3 Å². The zero-order chi connectivity index (χ0) is 33.0. The molecule has 0 atom stereocenters. The molecule has 0 saturated heterocycles. The van der Waals surface area contributed by atoms with E-state index in [1.807, 2.05) is 12.3 Å². The van der Waals surface area contributed by atoms with Gasteiger partial charge in [-0.3, -0.25) is 4.98 Å². The smallest absolute Gasteiger partial charge is 0.0888 e. The van der Waals surface area contributed by atoms with Crippen LogP contribution in [0, 0.1) is 0 Å². The molecular formula is C47H30N2S. The van der Waals surface area contributed by atoms with Gasteiger partial charge in [0.15, 0.2) is 0 Å². The first kappa shape index (κ1) is 28.7. The molecule has 50 heavy (non-hydrogen) atoms. The van der Waals surface area contributed by atoms with E-state index in [1.165, 1.54) is 81.1 Å². The van der Waals surface area contributed by atoms with Crippen LogP contribution in [0.3, 0.4) is 0 Å². The molecule has 10 rings (SSSR count). The van der Waals surface area contributed by atoms with Crippen molar-refractivity contribution in [3.8, 4) is 50.2 Å². The van der Waals surface area contributed by atoms with E-state index < -0.39 is 0 Å². The van der Waals surface area contributed by atoms with Gasteiger partial charge in [0.05, 0.1) is 21.3 Å². The predicted molar refractivity (Wildman–Crippen MR) is 213 cm³/mol. The minimum Gasteiger partial charge on any atom is -0.309 e. The van der Waals surface area contributed by atoms with Gasteiger partial charge in [-0.05, 0) is 111 Å². The molecule has 3 aromatic heterocycles. The Balaban J connectivity index is 0.996. The number of hydrogen-bond acceptors (Lipinski definition) is 2. The average molecular weight is 655 g/mol. The van der Waals surface area contributed by atoms with Crippen molar-refractivity contribution in [2.75, 3.05) is 0 Å². The first-order valence-corrected chi connectivity index (χ1v) is 17.8. The van der Waals surface area contributed by atoms with Crippen LogP contribution in [-0.4, -0.2) is 9.55 Å². The highest BCUT2D eigenvalue weighted by Crippen LogP contribution is 2.37. The summed E-state index contributed by atoms with van der Waals surface area (Å²) < 4.78 is 4.88. The van der Waals surface area contributed by atoms with Crippen LogP contribution in [0.1, 0.15) is 0 Å². The lowest BCUT2D eigenvalue weighted by Gasteiger charge is -2.12. The highest BCUT2D eigenvalue weighted by Gasteiger charge is 2.13. The van der Waals surface area contributed by atoms with Gasteiger partial charge >= 0.3 is 0 Å². The van der Waals surface area contributed by atoms with Crippen molar-refractivity contribution in [3.05, 3.63) is 182 Å². The highest BCUT2D eigenvalue weighted by molar-refractivity contribution is 7.25. The third kappa shape index (κ3) is 4.82. The Morgan fingerprint density at radius 3 is 1.44 bits per heavy atom. The van der Waals surface area contributed by atoms with Crippen molar-refractivity contribution in [3.63, 3.8) is 0 Å². The van der Waals surface area contributed by atoms with E-state index in [-0.39, 0.29) is 0 Å². The largest absolute Gasteiger partial charge is 0.309 e. The Bertz CT molecular complexity index is 2840. The number of thiophene rings is 1. The maximum absolute atomic E-state index is 4.68. The molecule has 3 heteroatoms. The molecule has 0 spiro atoms. The number of aromatic nitrogens is 2. The molecule has 0 unspecified atom stereocenters. The number of benzene rings is 7. The molecule has 0 fully saturated rings. The molecule has 0 aliphatic rings. The number of hydrogen-bond donors (Lipinski definition) is 0. The molecule has 7 aromatic carbocycles. The van der Waals surface area contributed by atoms with Crippen molar-refractivity contribution in [1.82, 2.24) is 9.55 Å². The molecule has 0 radical (unpaired) electrons. The van der Waals surface area contributed by atoms with Crippen molar-refractivity contribution in [1.29, 1.82) is 0 Å². The first-order chi connectivity index (χ1) is 24.8. The van der Waals surface area contributed by atoms with Crippen molar-refractivity contribution >= 4 is 53.4 Å². The molecule has 0 N–H and O–H groups in total. The number of fused-ring (bicyclic) bond motifs is 6. The molecule has 0 bridgehead atoms. The van der Waals surface area contributed by atoms with E-state index in [9.17, 15) is 0 Å². The first-order valence-electron chi connectivity index (χ1n) is 16.9. The van der Waals surface area contributed by atoms with Crippen molar-refractivity contribution < 1.29 is 0 Å². The maximum Gasteiger partial charge on any atom is 0.0888 e. The summed E-state index contributed by atoms with van der Waals surface area (Å²) in [5, 5.41) is 3.77. The van der Waals surface area contributed by atoms with Gasteiger partial charge in [-0.2, -0.15) is 0 Å². The fourth-order valence-electron chi connectivity index (χ4n) is 7.44. The van der Waals surface area contributed by atoms with E-state index >= 15 is 0 Å². The van der Waals surface area contributed by atoms with E-state index in [0.717, 1.165) is 11.2 Å². The Labute approximate surface area is 294 Å². The summed E-state index contributed by atoms with van der Waals surface area (Å²) in [5.74, 6) is 0. The second-order valence-electron chi connectivity index (χ2n) is 12.8. The third-order valence-corrected chi connectivity index (χ3v) is 11.0. The summed E-state index contributed by atoms with van der Waals surface area (Å²) in [6.07, 6.45) is 1.88. The monoisotopic (exact) mass is 654 g/mol. The van der Waals surface area contributed by atoms with Gasteiger partial charge < -0.3 is 4.57 Å². The van der Waals surface area contributed by atoms with Crippen LogP contribution in [0.15, 0.2) is 182 Å². The highest BCUT2D eigenvalue weighted by atomic mass is 32.1. The second kappa shape index (κ2) is 11.7. The summed E-state index contributed by atoms with van der Waals surface area (Å²) in [6.45, 7) is 0. The standard InChI is InChI=1S/C47H30N2S/c1-3-20-43-40(18-1)41-19-2-4-21-44(41)49(43)39-17-8-16-37(29-39)35-14-6-12-33(27-35)31-10-5-11-32(26-31)34-13-7-15-36(28-34)38-23-24-45-42(30-38)47-46(50-45)22-9-25-48-47/h1-30H. The van der Waals surface area contributed by atoms with Crippen LogP contribution in [0.4, 0.5) is 0 Å². The average Bonchev–Trinajstić information content (AvgIpc) is 3.74. The van der Waals surface area contributed by atoms with Gasteiger partial charge in [0.25, 0.3) is 0 Å². The zero-order valence-corrected chi connectivity index (χ0v) is 27.9. The second-order valence-corrected chi connectivity index (χ2v) is 13.9. The molecule has 10 aromatic rings. The van der Waals surface area contributed by atoms with E-state index in [2.05, 4.69) is 179 Å². The SMILES string of the molecule is c1cc(-c2cccc(-c3cccc(-n4c5ccccc5c5ccccc54)c3)c2)cc(-c2cccc(-c3ccc4sc5cccnc5c4c3)c2)c1. The lowest BCUT2D eigenvalue weighted by molar-refractivity contribution is 1.18. The van der Waals surface area contributed by atoms with Crippen LogP contribution >= 0.6 is 11.3 Å². The summed E-state index contributed by atoms with van der Waals surface area (Å²) in [4.78, 5) is 4.68. The van der Waals surface area contributed by atoms with Crippen LogP contribution in [0.5, 0.6) is 0 Å². The zero-order valence-electron chi connectivity index (χ0n) is 27.1. The summed E-state index contributed by atoms with van der Waals surface area (Å²) in [5.41, 5.74) is 14.3. The fourth-order valence-corrected chi connectivity index (χ4v) is 8.48. The van der Waals surface area contributed by atoms with Crippen LogP contribution in [-0.2, 0) is 0 Å². The Hall–Kier alpha value is -6.29. The number of rotatable bonds is 5. The minimum absolute atomic E-state index is 1.08. The predicted octanol–water partition coefficient (Wildman–Crippen LogP) is 13.2. The molecule has 0 aliphatic heterocycles. The molecule has 2 nitrogen and oxygen atoms in total. The van der Waals surface area contributed by atoms with Crippen LogP contribution in [0.25, 0.3) is 92.3 Å². The molecule has 234 valence electrons. The maximum atomic E-state index is 4.68. The van der Waals surface area contributed by atoms with Gasteiger partial charge in [-0.15, -0.1) is 11.3 Å². The van der Waals surface area contributed by atoms with Crippen molar-refractivity contribution in [2.45, 2.75) is 0 Å². The number of para-hydroxylation sites is 2. The third-order valence-electron chi connectivity index (χ3n) is 9.83. The topological polar surface area (TPSA) is 17.8 Å². The summed E-state index contributed by atoms with van der Waals surface area (Å²) in [7, 11) is 0.